The van der Waals surface area contributed by atoms with E-state index in [1.54, 1.807) is 6.92 Å². The van der Waals surface area contributed by atoms with E-state index in [9.17, 15) is 18.0 Å². The smallest absolute Gasteiger partial charge is 0.411 e. The third-order valence-electron chi connectivity index (χ3n) is 2.65. The van der Waals surface area contributed by atoms with Crippen LogP contribution in [0.2, 0.25) is 0 Å². The van der Waals surface area contributed by atoms with Gasteiger partial charge in [0.05, 0.1) is 0 Å². The van der Waals surface area contributed by atoms with Gasteiger partial charge in [0.15, 0.2) is 11.4 Å². The first-order chi connectivity index (χ1) is 8.70. The van der Waals surface area contributed by atoms with Crippen molar-refractivity contribution in [2.45, 2.75) is 38.6 Å². The summed E-state index contributed by atoms with van der Waals surface area (Å²) in [5.41, 5.74) is -1.43. The summed E-state index contributed by atoms with van der Waals surface area (Å²) in [6.45, 7) is 1.01. The summed E-state index contributed by atoms with van der Waals surface area (Å²) in [4.78, 5) is 11.2. The predicted octanol–water partition coefficient (Wildman–Crippen LogP) is 0.962. The summed E-state index contributed by atoms with van der Waals surface area (Å²) >= 11 is 0. The van der Waals surface area contributed by atoms with Gasteiger partial charge in [0, 0.05) is 0 Å². The van der Waals surface area contributed by atoms with Crippen LogP contribution in [0.1, 0.15) is 26.1 Å². The summed E-state index contributed by atoms with van der Waals surface area (Å²) in [5, 5.41) is 19.4. The van der Waals surface area contributed by atoms with E-state index in [4.69, 9.17) is 5.11 Å². The number of aromatic nitrogens is 4. The Morgan fingerprint density at radius 1 is 1.47 bits per heavy atom. The number of hydrogen-bond acceptors (Lipinski definition) is 5. The number of carbonyl (C=O) groups is 1. The fourth-order valence-corrected chi connectivity index (χ4v) is 1.33. The molecular weight excluding hydrogens is 269 g/mol. The lowest BCUT2D eigenvalue weighted by Crippen LogP contribution is -2.40. The van der Waals surface area contributed by atoms with Crippen molar-refractivity contribution in [3.05, 3.63) is 5.82 Å². The number of nitrogens with zero attached hydrogens (tertiary/aromatic N) is 4. The number of ether oxygens (including phenoxy) is 1. The molecule has 0 saturated heterocycles. The van der Waals surface area contributed by atoms with Crippen molar-refractivity contribution in [2.24, 2.45) is 0 Å². The highest BCUT2D eigenvalue weighted by Crippen LogP contribution is 2.21. The van der Waals surface area contributed by atoms with Gasteiger partial charge in [-0.05, 0) is 23.8 Å². The number of carboxylic acids is 1. The Morgan fingerprint density at radius 2 is 2.11 bits per heavy atom. The van der Waals surface area contributed by atoms with E-state index in [1.807, 2.05) is 0 Å². The molecule has 0 saturated carbocycles. The Labute approximate surface area is 106 Å². The molecule has 0 radical (unpaired) electrons. The minimum absolute atomic E-state index is 0.0731. The first kappa shape index (κ1) is 15.3. The van der Waals surface area contributed by atoms with Gasteiger partial charge >= 0.3 is 12.1 Å². The molecule has 0 aliphatic carbocycles. The second kappa shape index (κ2) is 5.51. The molecule has 1 aromatic heterocycles. The van der Waals surface area contributed by atoms with Gasteiger partial charge in [-0.15, -0.1) is 5.10 Å². The molecule has 0 aromatic carbocycles. The lowest BCUT2D eigenvalue weighted by atomic mass is 9.99. The Kier molecular flexibility index (Phi) is 4.45. The normalized spacial score (nSPS) is 15.2. The highest BCUT2D eigenvalue weighted by atomic mass is 19.4. The molecule has 1 unspecified atom stereocenters. The number of aliphatic carboxylic acids is 1. The summed E-state index contributed by atoms with van der Waals surface area (Å²) in [6, 6.07) is 0. The van der Waals surface area contributed by atoms with Gasteiger partial charge in [0.2, 0.25) is 0 Å². The van der Waals surface area contributed by atoms with Gasteiger partial charge in [-0.25, -0.2) is 9.48 Å². The molecule has 0 aliphatic rings. The van der Waals surface area contributed by atoms with E-state index in [-0.39, 0.29) is 12.2 Å². The van der Waals surface area contributed by atoms with E-state index in [1.165, 1.54) is 6.92 Å². The predicted molar refractivity (Wildman–Crippen MR) is 55.1 cm³/mol. The molecule has 1 aromatic rings. The third kappa shape index (κ3) is 3.63. The van der Waals surface area contributed by atoms with Crippen LogP contribution in [-0.2, 0) is 21.7 Å². The Hall–Kier alpha value is -1.71. The molecule has 19 heavy (non-hydrogen) atoms. The van der Waals surface area contributed by atoms with Crippen LogP contribution in [0.4, 0.5) is 13.2 Å². The monoisotopic (exact) mass is 282 g/mol. The van der Waals surface area contributed by atoms with Gasteiger partial charge in [0.25, 0.3) is 0 Å². The summed E-state index contributed by atoms with van der Waals surface area (Å²) in [5.74, 6) is -1.25. The van der Waals surface area contributed by atoms with Crippen LogP contribution in [0.5, 0.6) is 0 Å². The number of rotatable bonds is 6. The van der Waals surface area contributed by atoms with Crippen molar-refractivity contribution in [1.82, 2.24) is 20.2 Å². The molecule has 1 N–H and O–H groups in total. The van der Waals surface area contributed by atoms with Crippen molar-refractivity contribution >= 4 is 5.97 Å². The van der Waals surface area contributed by atoms with E-state index in [0.717, 1.165) is 4.68 Å². The van der Waals surface area contributed by atoms with Crippen LogP contribution in [0, 0.1) is 0 Å². The van der Waals surface area contributed by atoms with Crippen LogP contribution in [-0.4, -0.2) is 44.1 Å². The van der Waals surface area contributed by atoms with Crippen molar-refractivity contribution in [2.75, 3.05) is 6.61 Å². The van der Waals surface area contributed by atoms with E-state index >= 15 is 0 Å². The minimum Gasteiger partial charge on any atom is -0.479 e. The molecule has 1 heterocycles. The highest BCUT2D eigenvalue weighted by molar-refractivity contribution is 5.76. The molecule has 0 bridgehead atoms. The van der Waals surface area contributed by atoms with Crippen LogP contribution < -0.4 is 0 Å². The van der Waals surface area contributed by atoms with Crippen LogP contribution in [0.25, 0.3) is 0 Å². The number of alkyl halides is 3. The second-order valence-corrected chi connectivity index (χ2v) is 4.05. The van der Waals surface area contributed by atoms with Gasteiger partial charge in [-0.3, -0.25) is 0 Å². The van der Waals surface area contributed by atoms with Crippen molar-refractivity contribution in [3.63, 3.8) is 0 Å². The number of hydrogen-bond donors (Lipinski definition) is 1. The Bertz CT molecular complexity index is 448. The first-order valence-corrected chi connectivity index (χ1v) is 5.36. The van der Waals surface area contributed by atoms with E-state index in [2.05, 4.69) is 20.3 Å². The maximum atomic E-state index is 11.9. The first-order valence-electron chi connectivity index (χ1n) is 5.36. The average molecular weight is 282 g/mol. The lowest BCUT2D eigenvalue weighted by molar-refractivity contribution is -0.177. The minimum atomic E-state index is -4.46. The SMILES string of the molecule is CCC(C)(C(=O)O)n1nnnc1COCC(F)(F)F. The molecule has 0 spiro atoms. The standard InChI is InChI=1S/C9H13F3N4O3/c1-3-8(2,7(17)18)16-6(13-14-15-16)4-19-5-9(10,11)12/h3-5H2,1-2H3,(H,17,18). The van der Waals surface area contributed by atoms with Gasteiger partial charge in [-0.1, -0.05) is 6.92 Å². The topological polar surface area (TPSA) is 90.1 Å². The number of tetrazole rings is 1. The molecule has 10 heteroatoms. The Balaban J connectivity index is 2.83. The molecule has 0 aliphatic heterocycles. The number of halogens is 3. The van der Waals surface area contributed by atoms with Crippen LogP contribution in [0.3, 0.4) is 0 Å². The molecule has 7 nitrogen and oxygen atoms in total. The quantitative estimate of drug-likeness (QED) is 0.835. The zero-order chi connectivity index (χ0) is 14.7. The second-order valence-electron chi connectivity index (χ2n) is 4.05. The lowest BCUT2D eigenvalue weighted by Gasteiger charge is -2.23. The van der Waals surface area contributed by atoms with Gasteiger partial charge in [-0.2, -0.15) is 13.2 Å². The van der Waals surface area contributed by atoms with Crippen LogP contribution >= 0.6 is 0 Å². The van der Waals surface area contributed by atoms with Gasteiger partial charge < -0.3 is 9.84 Å². The third-order valence-corrected chi connectivity index (χ3v) is 2.65. The largest absolute Gasteiger partial charge is 0.479 e. The Morgan fingerprint density at radius 3 is 2.58 bits per heavy atom. The highest BCUT2D eigenvalue weighted by Gasteiger charge is 2.37. The van der Waals surface area contributed by atoms with Crippen LogP contribution in [0.15, 0.2) is 0 Å². The molecule has 108 valence electrons. The molecule has 0 amide bonds. The molecule has 1 atom stereocenters. The maximum absolute atomic E-state index is 11.9. The van der Waals surface area contributed by atoms with E-state index < -0.39 is 30.9 Å². The van der Waals surface area contributed by atoms with E-state index in [0.29, 0.717) is 0 Å². The van der Waals surface area contributed by atoms with Crippen molar-refractivity contribution in [1.29, 1.82) is 0 Å². The average Bonchev–Trinajstić information content (AvgIpc) is 2.74. The molecule has 1 rings (SSSR count). The fourth-order valence-electron chi connectivity index (χ4n) is 1.33. The van der Waals surface area contributed by atoms with Crippen molar-refractivity contribution < 1.29 is 27.8 Å². The fraction of sp³-hybridized carbons (Fsp3) is 0.778. The van der Waals surface area contributed by atoms with Crippen molar-refractivity contribution in [3.8, 4) is 0 Å². The van der Waals surface area contributed by atoms with Gasteiger partial charge in [0.1, 0.15) is 13.2 Å². The summed E-state index contributed by atoms with van der Waals surface area (Å²) in [6.07, 6.45) is -4.29. The molecular formula is C9H13F3N4O3. The number of carboxylic acid groups (broad SMARTS) is 1. The zero-order valence-corrected chi connectivity index (χ0v) is 10.3. The summed E-state index contributed by atoms with van der Waals surface area (Å²) < 4.78 is 41.2. The summed E-state index contributed by atoms with van der Waals surface area (Å²) in [7, 11) is 0. The molecule has 0 fully saturated rings. The zero-order valence-electron chi connectivity index (χ0n) is 10.3. The maximum Gasteiger partial charge on any atom is 0.411 e.